The summed E-state index contributed by atoms with van der Waals surface area (Å²) in [4.78, 5) is 0. The van der Waals surface area contributed by atoms with Crippen molar-refractivity contribution in [3.8, 4) is 5.75 Å². The van der Waals surface area contributed by atoms with Gasteiger partial charge in [0.15, 0.2) is 0 Å². The molecule has 166 valence electrons. The Morgan fingerprint density at radius 2 is 1.97 bits per heavy atom. The molecule has 3 aromatic rings. The van der Waals surface area contributed by atoms with Crippen LogP contribution in [0.5, 0.6) is 5.75 Å². The van der Waals surface area contributed by atoms with Gasteiger partial charge in [-0.05, 0) is 36.8 Å². The van der Waals surface area contributed by atoms with E-state index in [-0.39, 0.29) is 24.8 Å². The summed E-state index contributed by atoms with van der Waals surface area (Å²) in [5, 5.41) is 21.6. The molecular weight excluding hydrogens is 451 g/mol. The smallest absolute Gasteiger partial charge is 0.229 e. The highest BCUT2D eigenvalue weighted by Crippen LogP contribution is 2.21. The molecule has 1 atom stereocenters. The molecule has 11 heteroatoms. The van der Waals surface area contributed by atoms with Crippen LogP contribution in [-0.2, 0) is 10.0 Å². The maximum Gasteiger partial charge on any atom is 0.229 e. The van der Waals surface area contributed by atoms with Crippen LogP contribution in [0.15, 0.2) is 42.5 Å². The van der Waals surface area contributed by atoms with E-state index >= 15 is 0 Å². The summed E-state index contributed by atoms with van der Waals surface area (Å²) in [6.07, 6.45) is 0.326. The number of hydrogen-bond donors (Lipinski definition) is 4. The molecule has 0 fully saturated rings. The van der Waals surface area contributed by atoms with Crippen molar-refractivity contribution in [3.63, 3.8) is 0 Å². The van der Waals surface area contributed by atoms with Crippen molar-refractivity contribution in [1.29, 1.82) is 0 Å². The maximum absolute atomic E-state index is 11.3. The Morgan fingerprint density at radius 3 is 2.70 bits per heavy atom. The first-order chi connectivity index (χ1) is 13.3. The molecule has 0 bridgehead atoms. The Kier molecular flexibility index (Phi) is 9.86. The van der Waals surface area contributed by atoms with Gasteiger partial charge in [-0.25, -0.2) is 8.42 Å². The number of aliphatic hydroxyl groups excluding tert-OH is 1. The standard InChI is InChI=1S/C19H24N4O4S.2ClH/c1-13-17-7-6-16(11-18(17)22-21-13)27-9-8-20-12-19(24)14-4-3-5-15(10-14)23-28(2,25)26;;/h3-7,10-11,19-20,23-24H,8-9,12H2,1-2H3,(H,21,22);2*1H. The van der Waals surface area contributed by atoms with Gasteiger partial charge in [0.25, 0.3) is 0 Å². The normalized spacial score (nSPS) is 12.0. The molecule has 0 aliphatic heterocycles. The van der Waals surface area contributed by atoms with E-state index in [4.69, 9.17) is 4.74 Å². The Morgan fingerprint density at radius 1 is 1.20 bits per heavy atom. The number of sulfonamides is 1. The van der Waals surface area contributed by atoms with E-state index in [0.717, 1.165) is 28.6 Å². The molecule has 0 amide bonds. The molecule has 8 nitrogen and oxygen atoms in total. The van der Waals surface area contributed by atoms with Crippen LogP contribution in [0, 0.1) is 6.92 Å². The first kappa shape index (κ1) is 26.0. The molecule has 1 aromatic heterocycles. The summed E-state index contributed by atoms with van der Waals surface area (Å²) in [5.41, 5.74) is 2.93. The Labute approximate surface area is 188 Å². The lowest BCUT2D eigenvalue weighted by molar-refractivity contribution is 0.172. The number of H-pyrrole nitrogens is 1. The van der Waals surface area contributed by atoms with Crippen molar-refractivity contribution in [3.05, 3.63) is 53.7 Å². The summed E-state index contributed by atoms with van der Waals surface area (Å²) >= 11 is 0. The Hall–Kier alpha value is -2.04. The molecule has 1 unspecified atom stereocenters. The van der Waals surface area contributed by atoms with Crippen molar-refractivity contribution in [1.82, 2.24) is 15.5 Å². The average molecular weight is 477 g/mol. The van der Waals surface area contributed by atoms with Gasteiger partial charge in [-0.2, -0.15) is 5.10 Å². The second kappa shape index (κ2) is 11.4. The third kappa shape index (κ3) is 7.33. The van der Waals surface area contributed by atoms with Crippen LogP contribution in [0.3, 0.4) is 0 Å². The lowest BCUT2D eigenvalue weighted by Gasteiger charge is -2.14. The van der Waals surface area contributed by atoms with E-state index in [0.29, 0.717) is 30.9 Å². The molecule has 4 N–H and O–H groups in total. The average Bonchev–Trinajstić information content (AvgIpc) is 3.00. The van der Waals surface area contributed by atoms with E-state index in [1.807, 2.05) is 25.1 Å². The molecule has 2 aromatic carbocycles. The SMILES string of the molecule is Cc1[nH]nc2cc(OCCNCC(O)c3cccc(NS(C)(=O)=O)c3)ccc12.Cl.Cl. The molecule has 0 aliphatic carbocycles. The van der Waals surface area contributed by atoms with Gasteiger partial charge in [0.2, 0.25) is 10.0 Å². The second-order valence-electron chi connectivity index (χ2n) is 6.60. The third-order valence-corrected chi connectivity index (χ3v) is 4.78. The van der Waals surface area contributed by atoms with Crippen molar-refractivity contribution in [2.24, 2.45) is 0 Å². The predicted molar refractivity (Wildman–Crippen MR) is 124 cm³/mol. The molecule has 0 aliphatic rings. The fourth-order valence-electron chi connectivity index (χ4n) is 2.84. The molecule has 0 saturated heterocycles. The highest BCUT2D eigenvalue weighted by molar-refractivity contribution is 7.92. The number of halogens is 2. The Bertz CT molecular complexity index is 1060. The molecule has 3 rings (SSSR count). The van der Waals surface area contributed by atoms with Gasteiger partial charge in [0, 0.05) is 35.9 Å². The van der Waals surface area contributed by atoms with Crippen molar-refractivity contribution in [2.75, 3.05) is 30.7 Å². The third-order valence-electron chi connectivity index (χ3n) is 4.18. The van der Waals surface area contributed by atoms with Gasteiger partial charge in [-0.3, -0.25) is 9.82 Å². The lowest BCUT2D eigenvalue weighted by Crippen LogP contribution is -2.26. The number of nitrogens with zero attached hydrogens (tertiary/aromatic N) is 1. The number of ether oxygens (including phenoxy) is 1. The first-order valence-corrected chi connectivity index (χ1v) is 10.7. The van der Waals surface area contributed by atoms with Gasteiger partial charge in [-0.15, -0.1) is 24.8 Å². The number of benzene rings is 2. The summed E-state index contributed by atoms with van der Waals surface area (Å²) < 4.78 is 30.7. The fourth-order valence-corrected chi connectivity index (χ4v) is 3.39. The Balaban J connectivity index is 0.00000225. The second-order valence-corrected chi connectivity index (χ2v) is 8.34. The van der Waals surface area contributed by atoms with Gasteiger partial charge in [-0.1, -0.05) is 12.1 Å². The monoisotopic (exact) mass is 476 g/mol. The van der Waals surface area contributed by atoms with Crippen molar-refractivity contribution < 1.29 is 18.3 Å². The number of aliphatic hydroxyl groups is 1. The van der Waals surface area contributed by atoms with E-state index < -0.39 is 16.1 Å². The van der Waals surface area contributed by atoms with Crippen LogP contribution >= 0.6 is 24.8 Å². The molecule has 0 spiro atoms. The predicted octanol–water partition coefficient (Wildman–Crippen LogP) is 2.79. The van der Waals surface area contributed by atoms with Crippen LogP contribution in [0.2, 0.25) is 0 Å². The number of aryl methyl sites for hydroxylation is 1. The van der Waals surface area contributed by atoms with Crippen LogP contribution in [0.1, 0.15) is 17.4 Å². The summed E-state index contributed by atoms with van der Waals surface area (Å²) in [7, 11) is -3.35. The number of aromatic nitrogens is 2. The molecule has 0 radical (unpaired) electrons. The van der Waals surface area contributed by atoms with E-state index in [1.54, 1.807) is 24.3 Å². The minimum absolute atomic E-state index is 0. The maximum atomic E-state index is 11.3. The van der Waals surface area contributed by atoms with Gasteiger partial charge < -0.3 is 15.2 Å². The van der Waals surface area contributed by atoms with Crippen LogP contribution in [0.4, 0.5) is 5.69 Å². The minimum Gasteiger partial charge on any atom is -0.492 e. The van der Waals surface area contributed by atoms with Gasteiger partial charge in [0.05, 0.1) is 17.9 Å². The van der Waals surface area contributed by atoms with Gasteiger partial charge in [0.1, 0.15) is 12.4 Å². The zero-order chi connectivity index (χ0) is 20.1. The largest absolute Gasteiger partial charge is 0.492 e. The van der Waals surface area contributed by atoms with Gasteiger partial charge >= 0.3 is 0 Å². The van der Waals surface area contributed by atoms with E-state index in [9.17, 15) is 13.5 Å². The van der Waals surface area contributed by atoms with Crippen LogP contribution in [-0.4, -0.2) is 49.7 Å². The minimum atomic E-state index is -3.35. The van der Waals surface area contributed by atoms with E-state index in [1.165, 1.54) is 0 Å². The molecular formula is C19H26Cl2N4O4S. The zero-order valence-corrected chi connectivity index (χ0v) is 19.0. The number of aromatic amines is 1. The molecule has 30 heavy (non-hydrogen) atoms. The van der Waals surface area contributed by atoms with E-state index in [2.05, 4.69) is 20.2 Å². The quantitative estimate of drug-likeness (QED) is 0.352. The summed E-state index contributed by atoms with van der Waals surface area (Å²) in [6.45, 7) is 3.29. The summed E-state index contributed by atoms with van der Waals surface area (Å²) in [5.74, 6) is 0.737. The molecule has 0 saturated carbocycles. The number of fused-ring (bicyclic) bond motifs is 1. The number of nitrogens with one attached hydrogen (secondary N) is 3. The van der Waals surface area contributed by atoms with Crippen LogP contribution in [0.25, 0.3) is 10.9 Å². The molecule has 1 heterocycles. The highest BCUT2D eigenvalue weighted by atomic mass is 35.5. The fraction of sp³-hybridized carbons (Fsp3) is 0.316. The topological polar surface area (TPSA) is 116 Å². The van der Waals surface area contributed by atoms with Crippen molar-refractivity contribution >= 4 is 51.4 Å². The zero-order valence-electron chi connectivity index (χ0n) is 16.6. The number of rotatable bonds is 9. The number of anilines is 1. The van der Waals surface area contributed by atoms with Crippen molar-refractivity contribution in [2.45, 2.75) is 13.0 Å². The first-order valence-electron chi connectivity index (χ1n) is 8.86. The summed E-state index contributed by atoms with van der Waals surface area (Å²) in [6, 6.07) is 12.5. The number of hydrogen-bond acceptors (Lipinski definition) is 6. The van der Waals surface area contributed by atoms with Crippen LogP contribution < -0.4 is 14.8 Å². The highest BCUT2D eigenvalue weighted by Gasteiger charge is 2.09. The lowest BCUT2D eigenvalue weighted by atomic mass is 10.1.